The minimum absolute atomic E-state index is 0.190. The molecule has 0 spiro atoms. The average Bonchev–Trinajstić information content (AvgIpc) is 2.41. The Morgan fingerprint density at radius 2 is 2.32 bits per heavy atom. The van der Waals surface area contributed by atoms with E-state index < -0.39 is 0 Å². The van der Waals surface area contributed by atoms with Gasteiger partial charge in [0.05, 0.1) is 11.1 Å². The van der Waals surface area contributed by atoms with E-state index in [1.165, 1.54) is 6.07 Å². The van der Waals surface area contributed by atoms with E-state index in [9.17, 15) is 4.39 Å². The number of nitrogens with one attached hydrogen (secondary N) is 1. The minimum atomic E-state index is -0.362. The second-order valence-corrected chi connectivity index (χ2v) is 5.54. The van der Waals surface area contributed by atoms with Crippen molar-refractivity contribution in [2.24, 2.45) is 0 Å². The van der Waals surface area contributed by atoms with E-state index in [1.54, 1.807) is 12.1 Å². The van der Waals surface area contributed by atoms with Crippen LogP contribution in [0.4, 0.5) is 4.39 Å². The molecular weight excluding hydrogens is 265 g/mol. The summed E-state index contributed by atoms with van der Waals surface area (Å²) < 4.78 is 18.8. The molecule has 1 fully saturated rings. The molecule has 1 heterocycles. The molecule has 0 aromatic heterocycles. The number of benzene rings is 1. The van der Waals surface area contributed by atoms with Crippen molar-refractivity contribution >= 4 is 11.6 Å². The molecule has 0 amide bonds. The standard InChI is InChI=1S/C15H21ClFNO/c1-2-3-13-9-12(6-7-19-13)18-10-11-4-5-15(17)14(16)8-11/h4-5,8,12-13,18H,2-3,6-7,9-10H2,1H3. The van der Waals surface area contributed by atoms with Crippen molar-refractivity contribution in [1.29, 1.82) is 0 Å². The quantitative estimate of drug-likeness (QED) is 0.885. The van der Waals surface area contributed by atoms with E-state index in [0.717, 1.165) is 44.4 Å². The van der Waals surface area contributed by atoms with Gasteiger partial charge in [0.2, 0.25) is 0 Å². The lowest BCUT2D eigenvalue weighted by molar-refractivity contribution is -0.00342. The molecule has 2 nitrogen and oxygen atoms in total. The lowest BCUT2D eigenvalue weighted by atomic mass is 10.00. The van der Waals surface area contributed by atoms with Crippen LogP contribution in [0.2, 0.25) is 5.02 Å². The fourth-order valence-corrected chi connectivity index (χ4v) is 2.70. The molecule has 2 rings (SSSR count). The Balaban J connectivity index is 1.82. The van der Waals surface area contributed by atoms with Crippen molar-refractivity contribution in [2.75, 3.05) is 6.61 Å². The second kappa shape index (κ2) is 7.22. The lowest BCUT2D eigenvalue weighted by Gasteiger charge is -2.30. The first kappa shape index (κ1) is 14.8. The number of rotatable bonds is 5. The molecule has 106 valence electrons. The zero-order valence-corrected chi connectivity index (χ0v) is 12.0. The van der Waals surface area contributed by atoms with Gasteiger partial charge in [-0.05, 0) is 37.0 Å². The molecule has 1 aromatic rings. The third-order valence-electron chi connectivity index (χ3n) is 3.56. The van der Waals surface area contributed by atoms with Gasteiger partial charge in [-0.3, -0.25) is 0 Å². The summed E-state index contributed by atoms with van der Waals surface area (Å²) in [6, 6.07) is 5.36. The van der Waals surface area contributed by atoms with Crippen LogP contribution in [-0.2, 0) is 11.3 Å². The third-order valence-corrected chi connectivity index (χ3v) is 3.85. The van der Waals surface area contributed by atoms with Gasteiger partial charge in [0.15, 0.2) is 0 Å². The lowest BCUT2D eigenvalue weighted by Crippen LogP contribution is -2.38. The third kappa shape index (κ3) is 4.44. The van der Waals surface area contributed by atoms with Gasteiger partial charge < -0.3 is 10.1 Å². The maximum absolute atomic E-state index is 13.1. The van der Waals surface area contributed by atoms with Gasteiger partial charge in [0.1, 0.15) is 5.82 Å². The van der Waals surface area contributed by atoms with Crippen LogP contribution in [0.25, 0.3) is 0 Å². The van der Waals surface area contributed by atoms with E-state index in [2.05, 4.69) is 12.2 Å². The van der Waals surface area contributed by atoms with Gasteiger partial charge in [0, 0.05) is 19.2 Å². The van der Waals surface area contributed by atoms with E-state index >= 15 is 0 Å². The second-order valence-electron chi connectivity index (χ2n) is 5.13. The van der Waals surface area contributed by atoms with Crippen LogP contribution in [-0.4, -0.2) is 18.8 Å². The fraction of sp³-hybridized carbons (Fsp3) is 0.600. The summed E-state index contributed by atoms with van der Waals surface area (Å²) in [4.78, 5) is 0. The monoisotopic (exact) mass is 285 g/mol. The first-order chi connectivity index (χ1) is 9.19. The van der Waals surface area contributed by atoms with Crippen LogP contribution in [0.1, 0.15) is 38.2 Å². The minimum Gasteiger partial charge on any atom is -0.378 e. The van der Waals surface area contributed by atoms with Gasteiger partial charge >= 0.3 is 0 Å². The maximum Gasteiger partial charge on any atom is 0.141 e. The van der Waals surface area contributed by atoms with Crippen LogP contribution < -0.4 is 5.32 Å². The molecule has 0 saturated carbocycles. The van der Waals surface area contributed by atoms with E-state index in [1.807, 2.05) is 0 Å². The Morgan fingerprint density at radius 1 is 1.47 bits per heavy atom. The summed E-state index contributed by atoms with van der Waals surface area (Å²) in [5.41, 5.74) is 1.02. The Hall–Kier alpha value is -0.640. The molecule has 1 aliphatic heterocycles. The van der Waals surface area contributed by atoms with Gasteiger partial charge in [-0.25, -0.2) is 4.39 Å². The van der Waals surface area contributed by atoms with Crippen LogP contribution in [0.3, 0.4) is 0 Å². The number of halogens is 2. The summed E-state index contributed by atoms with van der Waals surface area (Å²) in [6.07, 6.45) is 4.76. The Labute approximate surface area is 119 Å². The molecule has 1 saturated heterocycles. The highest BCUT2D eigenvalue weighted by Gasteiger charge is 2.21. The summed E-state index contributed by atoms with van der Waals surface area (Å²) in [7, 11) is 0. The molecule has 0 aliphatic carbocycles. The van der Waals surface area contributed by atoms with Gasteiger partial charge in [-0.1, -0.05) is 31.0 Å². The molecule has 19 heavy (non-hydrogen) atoms. The smallest absolute Gasteiger partial charge is 0.141 e. The number of ether oxygens (including phenoxy) is 1. The van der Waals surface area contributed by atoms with E-state index in [4.69, 9.17) is 16.3 Å². The van der Waals surface area contributed by atoms with E-state index in [0.29, 0.717) is 12.1 Å². The Bertz CT molecular complexity index is 411. The number of hydrogen-bond acceptors (Lipinski definition) is 2. The van der Waals surface area contributed by atoms with Crippen LogP contribution in [0, 0.1) is 5.82 Å². The van der Waals surface area contributed by atoms with E-state index in [-0.39, 0.29) is 10.8 Å². The van der Waals surface area contributed by atoms with Crippen molar-refractivity contribution in [3.63, 3.8) is 0 Å². The predicted octanol–water partition coefficient (Wildman–Crippen LogP) is 3.92. The normalized spacial score (nSPS) is 23.5. The molecule has 4 heteroatoms. The molecule has 1 N–H and O–H groups in total. The average molecular weight is 286 g/mol. The van der Waals surface area contributed by atoms with Crippen LogP contribution in [0.15, 0.2) is 18.2 Å². The Morgan fingerprint density at radius 3 is 3.05 bits per heavy atom. The zero-order valence-electron chi connectivity index (χ0n) is 11.3. The highest BCUT2D eigenvalue weighted by molar-refractivity contribution is 6.30. The molecule has 2 unspecified atom stereocenters. The predicted molar refractivity (Wildman–Crippen MR) is 75.9 cm³/mol. The van der Waals surface area contributed by atoms with Gasteiger partial charge in [-0.15, -0.1) is 0 Å². The molecule has 1 aromatic carbocycles. The Kier molecular flexibility index (Phi) is 5.61. The van der Waals surface area contributed by atoms with Crippen molar-refractivity contribution in [3.05, 3.63) is 34.6 Å². The zero-order chi connectivity index (χ0) is 13.7. The fourth-order valence-electron chi connectivity index (χ4n) is 2.50. The first-order valence-electron chi connectivity index (χ1n) is 6.98. The van der Waals surface area contributed by atoms with Gasteiger partial charge in [0.25, 0.3) is 0 Å². The molecule has 2 atom stereocenters. The van der Waals surface area contributed by atoms with Crippen molar-refractivity contribution in [3.8, 4) is 0 Å². The summed E-state index contributed by atoms with van der Waals surface area (Å²) in [5.74, 6) is -0.362. The summed E-state index contributed by atoms with van der Waals surface area (Å²) in [6.45, 7) is 3.73. The largest absolute Gasteiger partial charge is 0.378 e. The molecule has 0 bridgehead atoms. The van der Waals surface area contributed by atoms with Crippen molar-refractivity contribution in [2.45, 2.75) is 51.3 Å². The van der Waals surface area contributed by atoms with Crippen molar-refractivity contribution < 1.29 is 9.13 Å². The van der Waals surface area contributed by atoms with Crippen LogP contribution >= 0.6 is 11.6 Å². The highest BCUT2D eigenvalue weighted by Crippen LogP contribution is 2.19. The summed E-state index contributed by atoms with van der Waals surface area (Å²) >= 11 is 5.78. The summed E-state index contributed by atoms with van der Waals surface area (Å²) in [5, 5.41) is 3.70. The maximum atomic E-state index is 13.1. The first-order valence-corrected chi connectivity index (χ1v) is 7.35. The number of hydrogen-bond donors (Lipinski definition) is 1. The van der Waals surface area contributed by atoms with Gasteiger partial charge in [-0.2, -0.15) is 0 Å². The molecule has 1 aliphatic rings. The molecular formula is C15H21ClFNO. The molecule has 0 radical (unpaired) electrons. The topological polar surface area (TPSA) is 21.3 Å². The highest BCUT2D eigenvalue weighted by atomic mass is 35.5. The van der Waals surface area contributed by atoms with Crippen molar-refractivity contribution in [1.82, 2.24) is 5.32 Å². The SMILES string of the molecule is CCCC1CC(NCc2ccc(F)c(Cl)c2)CCO1. The van der Waals surface area contributed by atoms with Crippen LogP contribution in [0.5, 0.6) is 0 Å².